The molecule has 1 aliphatic heterocycles. The van der Waals surface area contributed by atoms with Gasteiger partial charge in [0.2, 0.25) is 5.91 Å². The molecule has 1 heterocycles. The van der Waals surface area contributed by atoms with Crippen molar-refractivity contribution in [1.82, 2.24) is 10.2 Å². The highest BCUT2D eigenvalue weighted by Gasteiger charge is 2.24. The number of rotatable bonds is 3. The van der Waals surface area contributed by atoms with Crippen LogP contribution in [0.5, 0.6) is 0 Å². The highest BCUT2D eigenvalue weighted by molar-refractivity contribution is 6.30. The van der Waals surface area contributed by atoms with Crippen LogP contribution in [0, 0.1) is 0 Å². The number of halogens is 1. The van der Waals surface area contributed by atoms with Gasteiger partial charge in [0.15, 0.2) is 0 Å². The quantitative estimate of drug-likeness (QED) is 0.897. The molecule has 0 aliphatic carbocycles. The number of nitrogens with two attached hydrogens (primary N) is 1. The topological polar surface area (TPSA) is 75.4 Å². The van der Waals surface area contributed by atoms with E-state index in [4.69, 9.17) is 17.3 Å². The molecule has 0 radical (unpaired) electrons. The molecule has 1 saturated heterocycles. The molecule has 1 atom stereocenters. The maximum atomic E-state index is 12.3. The minimum absolute atomic E-state index is 0.0187. The van der Waals surface area contributed by atoms with Crippen LogP contribution >= 0.6 is 11.6 Å². The summed E-state index contributed by atoms with van der Waals surface area (Å²) in [5.41, 5.74) is 6.14. The maximum Gasteiger partial charge on any atom is 0.314 e. The number of carbonyl (C=O) groups excluding carboxylic acids is 2. The van der Waals surface area contributed by atoms with Crippen molar-refractivity contribution in [1.29, 1.82) is 0 Å². The van der Waals surface area contributed by atoms with Gasteiger partial charge in [0.25, 0.3) is 0 Å². The fourth-order valence-electron chi connectivity index (χ4n) is 2.50. The van der Waals surface area contributed by atoms with Crippen LogP contribution in [0.2, 0.25) is 5.02 Å². The van der Waals surface area contributed by atoms with Gasteiger partial charge in [0.05, 0.1) is 5.92 Å². The summed E-state index contributed by atoms with van der Waals surface area (Å²) in [4.78, 5) is 24.9. The van der Waals surface area contributed by atoms with Crippen LogP contribution in [0.25, 0.3) is 0 Å². The largest absolute Gasteiger partial charge is 0.353 e. The minimum Gasteiger partial charge on any atom is -0.353 e. The summed E-state index contributed by atoms with van der Waals surface area (Å²) in [7, 11) is 0. The van der Waals surface area contributed by atoms with E-state index in [-0.39, 0.29) is 17.9 Å². The molecule has 1 fully saturated rings. The Balaban J connectivity index is 1.89. The Morgan fingerprint density at radius 2 is 2.05 bits per heavy atom. The van der Waals surface area contributed by atoms with Gasteiger partial charge in [-0.1, -0.05) is 23.7 Å². The van der Waals surface area contributed by atoms with Gasteiger partial charge in [-0.15, -0.1) is 0 Å². The lowest BCUT2D eigenvalue weighted by Gasteiger charge is -2.31. The minimum atomic E-state index is -0.396. The molecular weight excluding hydrogens is 290 g/mol. The van der Waals surface area contributed by atoms with E-state index in [1.165, 1.54) is 0 Å². The summed E-state index contributed by atoms with van der Waals surface area (Å²) < 4.78 is 0. The number of carbonyl (C=O) groups is 2. The predicted octanol–water partition coefficient (Wildman–Crippen LogP) is 2.10. The van der Waals surface area contributed by atoms with E-state index in [2.05, 4.69) is 5.32 Å². The molecule has 0 saturated carbocycles. The van der Waals surface area contributed by atoms with Crippen molar-refractivity contribution in [3.8, 4) is 0 Å². The number of nitrogens with one attached hydrogen (secondary N) is 1. The van der Waals surface area contributed by atoms with Gasteiger partial charge in [-0.05, 0) is 37.5 Å². The number of piperidine rings is 1. The Morgan fingerprint density at radius 3 is 2.62 bits per heavy atom. The Morgan fingerprint density at radius 1 is 1.38 bits per heavy atom. The zero-order valence-electron chi connectivity index (χ0n) is 12.0. The predicted molar refractivity (Wildman–Crippen MR) is 82.2 cm³/mol. The Labute approximate surface area is 129 Å². The first-order valence-corrected chi connectivity index (χ1v) is 7.45. The summed E-state index contributed by atoms with van der Waals surface area (Å²) in [6, 6.07) is 7.02. The van der Waals surface area contributed by atoms with Crippen LogP contribution in [0.4, 0.5) is 4.79 Å². The third-order valence-corrected chi connectivity index (χ3v) is 4.13. The van der Waals surface area contributed by atoms with Crippen LogP contribution in [0.15, 0.2) is 24.3 Å². The summed E-state index contributed by atoms with van der Waals surface area (Å²) >= 11 is 5.95. The second-order valence-corrected chi connectivity index (χ2v) is 5.82. The average Bonchev–Trinajstić information content (AvgIpc) is 2.47. The molecule has 1 aliphatic rings. The fraction of sp³-hybridized carbons (Fsp3) is 0.467. The van der Waals surface area contributed by atoms with Crippen LogP contribution < -0.4 is 11.1 Å². The molecule has 6 heteroatoms. The molecule has 5 nitrogen and oxygen atoms in total. The van der Waals surface area contributed by atoms with Crippen molar-refractivity contribution in [2.75, 3.05) is 13.1 Å². The first kappa shape index (κ1) is 15.6. The molecule has 1 unspecified atom stereocenters. The molecule has 0 bridgehead atoms. The van der Waals surface area contributed by atoms with E-state index in [1.807, 2.05) is 25.1 Å². The smallest absolute Gasteiger partial charge is 0.314 e. The number of nitrogens with zero attached hydrogens (tertiary/aromatic N) is 1. The lowest BCUT2D eigenvalue weighted by atomic mass is 9.98. The third kappa shape index (κ3) is 4.11. The number of hydrogen-bond acceptors (Lipinski definition) is 2. The summed E-state index contributed by atoms with van der Waals surface area (Å²) in [6.45, 7) is 3.04. The average molecular weight is 310 g/mol. The van der Waals surface area contributed by atoms with Crippen LogP contribution in [0.1, 0.15) is 31.2 Å². The highest BCUT2D eigenvalue weighted by Crippen LogP contribution is 2.20. The standard InChI is InChI=1S/C15H20ClN3O2/c1-10(11-3-2-4-12(16)9-11)14(20)18-13-5-7-19(8-6-13)15(17)21/h2-4,9-10,13H,5-8H2,1H3,(H2,17,21)(H,18,20). The van der Waals surface area contributed by atoms with Crippen LogP contribution in [-0.4, -0.2) is 36.0 Å². The van der Waals surface area contributed by atoms with E-state index in [0.29, 0.717) is 18.1 Å². The summed E-state index contributed by atoms with van der Waals surface area (Å²) in [5.74, 6) is -0.271. The zero-order valence-corrected chi connectivity index (χ0v) is 12.8. The lowest BCUT2D eigenvalue weighted by Crippen LogP contribution is -2.48. The lowest BCUT2D eigenvalue weighted by molar-refractivity contribution is -0.123. The molecule has 0 spiro atoms. The van der Waals surface area contributed by atoms with E-state index >= 15 is 0 Å². The third-order valence-electron chi connectivity index (χ3n) is 3.89. The monoisotopic (exact) mass is 309 g/mol. The van der Waals surface area contributed by atoms with Crippen molar-refractivity contribution < 1.29 is 9.59 Å². The van der Waals surface area contributed by atoms with Gasteiger partial charge in [0.1, 0.15) is 0 Å². The second-order valence-electron chi connectivity index (χ2n) is 5.38. The van der Waals surface area contributed by atoms with Gasteiger partial charge in [0, 0.05) is 24.2 Å². The molecule has 114 valence electrons. The number of benzene rings is 1. The summed E-state index contributed by atoms with van der Waals surface area (Å²) in [5, 5.41) is 3.66. The molecule has 21 heavy (non-hydrogen) atoms. The molecule has 3 N–H and O–H groups in total. The number of hydrogen-bond donors (Lipinski definition) is 2. The van der Waals surface area contributed by atoms with E-state index in [0.717, 1.165) is 18.4 Å². The van der Waals surface area contributed by atoms with Crippen molar-refractivity contribution in [2.24, 2.45) is 5.73 Å². The summed E-state index contributed by atoms with van der Waals surface area (Å²) in [6.07, 6.45) is 1.47. The molecule has 3 amide bonds. The van der Waals surface area contributed by atoms with Crippen LogP contribution in [-0.2, 0) is 4.79 Å². The van der Waals surface area contributed by atoms with Crippen LogP contribution in [0.3, 0.4) is 0 Å². The fourth-order valence-corrected chi connectivity index (χ4v) is 2.70. The first-order chi connectivity index (χ1) is 9.97. The van der Waals surface area contributed by atoms with Crippen molar-refractivity contribution in [3.63, 3.8) is 0 Å². The van der Waals surface area contributed by atoms with E-state index in [9.17, 15) is 9.59 Å². The van der Waals surface area contributed by atoms with Crippen molar-refractivity contribution in [2.45, 2.75) is 31.7 Å². The molecular formula is C15H20ClN3O2. The Hall–Kier alpha value is -1.75. The second kappa shape index (κ2) is 6.80. The van der Waals surface area contributed by atoms with Crippen molar-refractivity contribution >= 4 is 23.5 Å². The Kier molecular flexibility index (Phi) is 5.07. The Bertz CT molecular complexity index is 527. The molecule has 1 aromatic rings. The van der Waals surface area contributed by atoms with Gasteiger partial charge in [-0.25, -0.2) is 4.79 Å². The molecule has 0 aromatic heterocycles. The number of likely N-dealkylation sites (tertiary alicyclic amines) is 1. The van der Waals surface area contributed by atoms with E-state index in [1.54, 1.807) is 11.0 Å². The molecule has 2 rings (SSSR count). The first-order valence-electron chi connectivity index (χ1n) is 7.07. The number of urea groups is 1. The molecule has 1 aromatic carbocycles. The van der Waals surface area contributed by atoms with Gasteiger partial charge < -0.3 is 16.0 Å². The van der Waals surface area contributed by atoms with E-state index < -0.39 is 6.03 Å². The van der Waals surface area contributed by atoms with Gasteiger partial charge in [-0.2, -0.15) is 0 Å². The van der Waals surface area contributed by atoms with Gasteiger partial charge in [-0.3, -0.25) is 4.79 Å². The number of primary amides is 1. The van der Waals surface area contributed by atoms with Crippen molar-refractivity contribution in [3.05, 3.63) is 34.9 Å². The normalized spacial score (nSPS) is 17.3. The highest BCUT2D eigenvalue weighted by atomic mass is 35.5. The zero-order chi connectivity index (χ0) is 15.4. The maximum absolute atomic E-state index is 12.3. The SMILES string of the molecule is CC(C(=O)NC1CCN(C(N)=O)CC1)c1cccc(Cl)c1. The number of amides is 3. The van der Waals surface area contributed by atoms with Gasteiger partial charge >= 0.3 is 6.03 Å².